The fourth-order valence-corrected chi connectivity index (χ4v) is 3.53. The molecule has 0 aliphatic rings. The third kappa shape index (κ3) is 5.13. The molecule has 1 atom stereocenters. The highest BCUT2D eigenvalue weighted by molar-refractivity contribution is 14.1. The van der Waals surface area contributed by atoms with E-state index in [1.165, 1.54) is 5.56 Å². The van der Waals surface area contributed by atoms with Crippen LogP contribution in [0.15, 0.2) is 42.5 Å². The molecule has 0 fully saturated rings. The minimum atomic E-state index is -0.198. The van der Waals surface area contributed by atoms with Crippen LogP contribution in [0.4, 0.5) is 5.69 Å². The highest BCUT2D eigenvalue weighted by Crippen LogP contribution is 2.26. The molecule has 0 bridgehead atoms. The van der Waals surface area contributed by atoms with Crippen molar-refractivity contribution in [2.75, 3.05) is 5.32 Å². The van der Waals surface area contributed by atoms with Crippen molar-refractivity contribution in [1.82, 2.24) is 5.32 Å². The summed E-state index contributed by atoms with van der Waals surface area (Å²) in [4.78, 5) is 12.4. The Bertz CT molecular complexity index is 764. The quantitative estimate of drug-likeness (QED) is 0.379. The molecular formula is C18H18I2N2OS. The molecule has 2 N–H and O–H groups in total. The first-order chi connectivity index (χ1) is 11.4. The Morgan fingerprint density at radius 3 is 2.62 bits per heavy atom. The summed E-state index contributed by atoms with van der Waals surface area (Å²) in [5.41, 5.74) is 2.76. The molecule has 1 amide bonds. The van der Waals surface area contributed by atoms with Crippen LogP contribution in [0.1, 0.15) is 42.1 Å². The molecule has 2 aromatic rings. The lowest BCUT2D eigenvalue weighted by molar-refractivity contribution is 0.0977. The third-order valence-corrected chi connectivity index (χ3v) is 5.57. The van der Waals surface area contributed by atoms with Crippen LogP contribution >= 0.6 is 57.4 Å². The Morgan fingerprint density at radius 2 is 1.92 bits per heavy atom. The van der Waals surface area contributed by atoms with Gasteiger partial charge >= 0.3 is 0 Å². The summed E-state index contributed by atoms with van der Waals surface area (Å²) in [6.45, 7) is 4.33. The zero-order valence-corrected chi connectivity index (χ0v) is 18.5. The van der Waals surface area contributed by atoms with Crippen molar-refractivity contribution >= 4 is 74.1 Å². The Labute approximate surface area is 175 Å². The van der Waals surface area contributed by atoms with E-state index >= 15 is 0 Å². The minimum Gasteiger partial charge on any atom is -0.332 e. The first-order valence-corrected chi connectivity index (χ1v) is 10.1. The Kier molecular flexibility index (Phi) is 7.42. The number of hydrogen-bond donors (Lipinski definition) is 2. The summed E-state index contributed by atoms with van der Waals surface area (Å²) in [6.07, 6.45) is 1.04. The van der Waals surface area contributed by atoms with Crippen LogP contribution in [0.3, 0.4) is 0 Å². The number of carbonyl (C=O) groups is 1. The minimum absolute atomic E-state index is 0.198. The molecule has 0 radical (unpaired) electrons. The number of para-hydroxylation sites is 1. The topological polar surface area (TPSA) is 41.1 Å². The van der Waals surface area contributed by atoms with Gasteiger partial charge in [-0.15, -0.1) is 0 Å². The normalized spacial score (nSPS) is 11.7. The predicted molar refractivity (Wildman–Crippen MR) is 121 cm³/mol. The number of benzene rings is 2. The molecule has 2 rings (SSSR count). The second-order valence-corrected chi connectivity index (χ2v) is 8.25. The summed E-state index contributed by atoms with van der Waals surface area (Å²) >= 11 is 9.67. The average Bonchev–Trinajstić information content (AvgIpc) is 2.56. The van der Waals surface area contributed by atoms with Crippen molar-refractivity contribution in [1.29, 1.82) is 0 Å². The predicted octanol–water partition coefficient (Wildman–Crippen LogP) is 5.54. The highest BCUT2D eigenvalue weighted by atomic mass is 127. The molecule has 24 heavy (non-hydrogen) atoms. The first-order valence-electron chi connectivity index (χ1n) is 7.58. The second-order valence-electron chi connectivity index (χ2n) is 5.43. The fourth-order valence-electron chi connectivity index (χ4n) is 2.26. The Hall–Kier alpha value is -0.740. The van der Waals surface area contributed by atoms with E-state index in [1.54, 1.807) is 0 Å². The molecule has 0 unspecified atom stereocenters. The van der Waals surface area contributed by atoms with Gasteiger partial charge in [-0.1, -0.05) is 32.0 Å². The number of nitrogens with one attached hydrogen (secondary N) is 2. The summed E-state index contributed by atoms with van der Waals surface area (Å²) in [6, 6.07) is 13.8. The standard InChI is InChI=1S/C18H18I2N2OS/c1-3-11(2)13-6-4-5-7-16(13)21-18(24)22-17(23)14-10-12(19)8-9-15(14)20/h4-11H,3H2,1-2H3,(H2,21,22,23,24)/t11-/m1/s1. The molecular weight excluding hydrogens is 546 g/mol. The van der Waals surface area contributed by atoms with Crippen molar-refractivity contribution in [2.24, 2.45) is 0 Å². The summed E-state index contributed by atoms with van der Waals surface area (Å²) in [5, 5.41) is 6.24. The molecule has 0 aliphatic carbocycles. The number of hydrogen-bond acceptors (Lipinski definition) is 2. The molecule has 0 saturated carbocycles. The van der Waals surface area contributed by atoms with Crippen LogP contribution < -0.4 is 10.6 Å². The zero-order valence-electron chi connectivity index (χ0n) is 13.4. The van der Waals surface area contributed by atoms with Crippen LogP contribution in [0.25, 0.3) is 0 Å². The Balaban J connectivity index is 2.11. The number of carbonyl (C=O) groups excluding carboxylic acids is 1. The largest absolute Gasteiger partial charge is 0.332 e. The van der Waals surface area contributed by atoms with Gasteiger partial charge in [-0.05, 0) is 99.6 Å². The van der Waals surface area contributed by atoms with Crippen molar-refractivity contribution in [3.05, 3.63) is 60.7 Å². The van der Waals surface area contributed by atoms with Gasteiger partial charge in [0.25, 0.3) is 5.91 Å². The van der Waals surface area contributed by atoms with E-state index in [0.29, 0.717) is 16.6 Å². The van der Waals surface area contributed by atoms with Crippen LogP contribution in [-0.4, -0.2) is 11.0 Å². The van der Waals surface area contributed by atoms with Crippen molar-refractivity contribution in [2.45, 2.75) is 26.2 Å². The number of anilines is 1. The van der Waals surface area contributed by atoms with Crippen LogP contribution in [0.5, 0.6) is 0 Å². The number of rotatable bonds is 4. The van der Waals surface area contributed by atoms with Gasteiger partial charge in [0.1, 0.15) is 0 Å². The summed E-state index contributed by atoms with van der Waals surface area (Å²) in [7, 11) is 0. The molecule has 0 aliphatic heterocycles. The maximum atomic E-state index is 12.4. The van der Waals surface area contributed by atoms with Crippen LogP contribution in [-0.2, 0) is 0 Å². The fraction of sp³-hybridized carbons (Fsp3) is 0.222. The van der Waals surface area contributed by atoms with Gasteiger partial charge in [0.2, 0.25) is 0 Å². The molecule has 0 heterocycles. The van der Waals surface area contributed by atoms with E-state index in [-0.39, 0.29) is 5.91 Å². The van der Waals surface area contributed by atoms with Gasteiger partial charge in [-0.25, -0.2) is 0 Å². The van der Waals surface area contributed by atoms with Gasteiger partial charge in [0.15, 0.2) is 5.11 Å². The summed E-state index contributed by atoms with van der Waals surface area (Å²) < 4.78 is 1.91. The van der Waals surface area contributed by atoms with E-state index in [1.807, 2.05) is 36.4 Å². The molecule has 2 aromatic carbocycles. The number of amides is 1. The molecule has 6 heteroatoms. The van der Waals surface area contributed by atoms with Gasteiger partial charge in [0, 0.05) is 12.8 Å². The monoisotopic (exact) mass is 564 g/mol. The smallest absolute Gasteiger partial charge is 0.258 e. The highest BCUT2D eigenvalue weighted by Gasteiger charge is 2.14. The molecule has 0 aromatic heterocycles. The van der Waals surface area contributed by atoms with Gasteiger partial charge < -0.3 is 5.32 Å². The summed E-state index contributed by atoms with van der Waals surface area (Å²) in [5.74, 6) is 0.222. The van der Waals surface area contributed by atoms with E-state index in [4.69, 9.17) is 12.2 Å². The SMILES string of the molecule is CC[C@@H](C)c1ccccc1NC(=S)NC(=O)c1cc(I)ccc1I. The van der Waals surface area contributed by atoms with Crippen molar-refractivity contribution < 1.29 is 4.79 Å². The van der Waals surface area contributed by atoms with Crippen molar-refractivity contribution in [3.8, 4) is 0 Å². The van der Waals surface area contributed by atoms with E-state index in [9.17, 15) is 4.79 Å². The maximum Gasteiger partial charge on any atom is 0.258 e. The third-order valence-electron chi connectivity index (χ3n) is 3.75. The lowest BCUT2D eigenvalue weighted by Gasteiger charge is -2.17. The van der Waals surface area contributed by atoms with E-state index in [0.717, 1.165) is 19.2 Å². The van der Waals surface area contributed by atoms with Gasteiger partial charge in [-0.3, -0.25) is 10.1 Å². The average molecular weight is 564 g/mol. The second kappa shape index (κ2) is 9.10. The van der Waals surface area contributed by atoms with Crippen LogP contribution in [0.2, 0.25) is 0 Å². The lowest BCUT2D eigenvalue weighted by atomic mass is 9.97. The molecule has 0 spiro atoms. The van der Waals surface area contributed by atoms with Gasteiger partial charge in [0.05, 0.1) is 5.56 Å². The zero-order chi connectivity index (χ0) is 17.7. The maximum absolute atomic E-state index is 12.4. The Morgan fingerprint density at radius 1 is 1.21 bits per heavy atom. The number of thiocarbonyl (C=S) groups is 1. The lowest BCUT2D eigenvalue weighted by Crippen LogP contribution is -2.34. The molecule has 3 nitrogen and oxygen atoms in total. The van der Waals surface area contributed by atoms with Gasteiger partial charge in [-0.2, -0.15) is 0 Å². The van der Waals surface area contributed by atoms with E-state index < -0.39 is 0 Å². The number of halogens is 2. The van der Waals surface area contributed by atoms with Crippen molar-refractivity contribution in [3.63, 3.8) is 0 Å². The molecule has 0 saturated heterocycles. The van der Waals surface area contributed by atoms with E-state index in [2.05, 4.69) is 75.7 Å². The van der Waals surface area contributed by atoms with Crippen LogP contribution in [0, 0.1) is 7.14 Å². The first kappa shape index (κ1) is 19.6. The molecule has 126 valence electrons.